The van der Waals surface area contributed by atoms with Gasteiger partial charge in [-0.05, 0) is 66.2 Å². The number of aromatic nitrogens is 4. The Morgan fingerprint density at radius 3 is 1.38 bits per heavy atom. The van der Waals surface area contributed by atoms with Crippen molar-refractivity contribution < 1.29 is 55.2 Å². The van der Waals surface area contributed by atoms with Crippen molar-refractivity contribution in [3.63, 3.8) is 0 Å². The molecule has 0 aliphatic carbocycles. The number of aliphatic carboxylic acids is 1. The minimum atomic E-state index is -10.7. The zero-order chi connectivity index (χ0) is 35.7. The van der Waals surface area contributed by atoms with Crippen LogP contribution in [-0.2, 0) is 31.3 Å². The average molecular weight is 888 g/mol. The second kappa shape index (κ2) is 18.8. The number of pyridine rings is 4. The molecule has 0 aliphatic rings. The molecule has 0 unspecified atom stereocenters. The van der Waals surface area contributed by atoms with Gasteiger partial charge in [-0.3, -0.25) is 14.8 Å². The first-order valence-corrected chi connectivity index (χ1v) is 16.6. The smallest absolute Gasteiger partial charge is 0.481 e. The number of aryl methyl sites for hydroxylation is 1. The number of benzene rings is 2. The first kappa shape index (κ1) is 41.3. The van der Waals surface area contributed by atoms with Gasteiger partial charge in [-0.1, -0.05) is 30.3 Å². The molecule has 4 heterocycles. The van der Waals surface area contributed by atoms with Gasteiger partial charge in [0.1, 0.15) is 0 Å². The number of rotatable bonds is 7. The van der Waals surface area contributed by atoms with Gasteiger partial charge in [-0.2, -0.15) is 0 Å². The maximum absolute atomic E-state index is 10.7. The molecule has 50 heavy (non-hydrogen) atoms. The fourth-order valence-electron chi connectivity index (χ4n) is 3.88. The first-order valence-electron chi connectivity index (χ1n) is 14.5. The minimum Gasteiger partial charge on any atom is -0.481 e. The van der Waals surface area contributed by atoms with Crippen LogP contribution in [0.2, 0.25) is 0 Å². The maximum atomic E-state index is 10.5. The van der Waals surface area contributed by atoms with E-state index in [9.17, 15) is 30.0 Å². The molecule has 0 saturated carbocycles. The van der Waals surface area contributed by atoms with Gasteiger partial charge < -0.3 is 15.1 Å². The number of hydrogen-bond acceptors (Lipinski definition) is 5. The monoisotopic (exact) mass is 888 g/mol. The van der Waals surface area contributed by atoms with Gasteiger partial charge in [0.2, 0.25) is 0 Å². The average Bonchev–Trinajstić information content (AvgIpc) is 3.09. The van der Waals surface area contributed by atoms with Crippen LogP contribution in [-0.4, -0.2) is 31.0 Å². The van der Waals surface area contributed by atoms with Crippen LogP contribution in [0.4, 0.5) is 25.2 Å². The van der Waals surface area contributed by atoms with Crippen molar-refractivity contribution >= 4 is 13.8 Å². The van der Waals surface area contributed by atoms with Crippen LogP contribution >= 0.6 is 7.81 Å². The molecule has 0 bridgehead atoms. The van der Waals surface area contributed by atoms with Gasteiger partial charge in [-0.15, -0.1) is 71.8 Å². The standard InChI is InChI=1S/C14H14N2O2.2C11H8N.F6P.Ir/c17-14(18)6-3-4-11-7-9-16-13(10-11)12-5-1-2-8-15-12;2*1-2-6-10(7-3-1)11-8-4-5-9-12-11;1-7(2,3,4,5)6;/h1-2,5,7-10H,3-4,6H2,(H,17,18);2*1-6,8-9H;;/q;3*-1;+3. The summed E-state index contributed by atoms with van der Waals surface area (Å²) in [5, 5.41) is 8.60. The minimum absolute atomic E-state index is 0. The Morgan fingerprint density at radius 2 is 1.00 bits per heavy atom. The van der Waals surface area contributed by atoms with E-state index in [-0.39, 0.29) is 26.5 Å². The number of carboxylic acids is 1. The van der Waals surface area contributed by atoms with Crippen LogP contribution in [0.3, 0.4) is 0 Å². The predicted octanol–water partition coefficient (Wildman–Crippen LogP) is 11.0. The molecule has 6 nitrogen and oxygen atoms in total. The van der Waals surface area contributed by atoms with E-state index >= 15 is 0 Å². The Hall–Kier alpha value is -4.83. The Kier molecular flexibility index (Phi) is 15.5. The van der Waals surface area contributed by atoms with E-state index < -0.39 is 13.8 Å². The number of hydrogen-bond donors (Lipinski definition) is 1. The Morgan fingerprint density at radius 1 is 0.580 bits per heavy atom. The van der Waals surface area contributed by atoms with Gasteiger partial charge in [0.05, 0.1) is 11.4 Å². The van der Waals surface area contributed by atoms with E-state index in [4.69, 9.17) is 5.11 Å². The summed E-state index contributed by atoms with van der Waals surface area (Å²) in [6.45, 7) is 0. The van der Waals surface area contributed by atoms with E-state index in [2.05, 4.69) is 32.1 Å². The number of halogens is 6. The Balaban J connectivity index is 0.000000241. The fraction of sp³-hybridized carbons (Fsp3) is 0.0833. The number of carboxylic acid groups (broad SMARTS) is 1. The van der Waals surface area contributed by atoms with E-state index in [0.717, 1.165) is 45.9 Å². The molecule has 262 valence electrons. The summed E-state index contributed by atoms with van der Waals surface area (Å²) >= 11 is 0. The molecule has 6 rings (SSSR count). The van der Waals surface area contributed by atoms with Gasteiger partial charge in [0.15, 0.2) is 0 Å². The van der Waals surface area contributed by atoms with Crippen LogP contribution < -0.4 is 0 Å². The third-order valence-electron chi connectivity index (χ3n) is 5.91. The van der Waals surface area contributed by atoms with Gasteiger partial charge >= 0.3 is 59.1 Å². The molecule has 4 aromatic heterocycles. The van der Waals surface area contributed by atoms with Crippen molar-refractivity contribution in [2.45, 2.75) is 19.3 Å². The topological polar surface area (TPSA) is 88.9 Å². The van der Waals surface area contributed by atoms with E-state index in [1.807, 2.05) is 115 Å². The molecular formula is C36H30F6IrN4O2P. The molecular weight excluding hydrogens is 858 g/mol. The van der Waals surface area contributed by atoms with Gasteiger partial charge in [0.25, 0.3) is 0 Å². The van der Waals surface area contributed by atoms with Crippen LogP contribution in [0.5, 0.6) is 0 Å². The zero-order valence-corrected chi connectivity index (χ0v) is 29.4. The SMILES string of the molecule is F[P-](F)(F)(F)(F)F.O=C(O)CCCc1ccnc(-c2ccccn2)c1.[Ir+3].[c-]1ccccc1-c1ccccn1.[c-]1ccccc1-c1ccccn1. The van der Waals surface area contributed by atoms with Gasteiger partial charge in [0, 0.05) is 31.2 Å². The fourth-order valence-corrected chi connectivity index (χ4v) is 3.88. The normalized spacial score (nSPS) is 11.6. The van der Waals surface area contributed by atoms with Crippen LogP contribution in [0, 0.1) is 12.1 Å². The largest absolute Gasteiger partial charge is 3.00 e. The summed E-state index contributed by atoms with van der Waals surface area (Å²) in [5.41, 5.74) is 6.76. The van der Waals surface area contributed by atoms with Crippen molar-refractivity contribution in [3.8, 4) is 33.9 Å². The molecule has 0 atom stereocenters. The molecule has 2 aromatic carbocycles. The first-order chi connectivity index (χ1) is 23.1. The summed E-state index contributed by atoms with van der Waals surface area (Å²) in [6.07, 6.45) is 8.62. The summed E-state index contributed by atoms with van der Waals surface area (Å²) in [6, 6.07) is 43.2. The summed E-state index contributed by atoms with van der Waals surface area (Å²) < 4.78 is 59.2. The Labute approximate surface area is 298 Å². The van der Waals surface area contributed by atoms with Crippen molar-refractivity contribution in [2.24, 2.45) is 0 Å². The third-order valence-corrected chi connectivity index (χ3v) is 5.91. The third kappa shape index (κ3) is 19.2. The molecule has 1 N–H and O–H groups in total. The van der Waals surface area contributed by atoms with Crippen LogP contribution in [0.25, 0.3) is 33.9 Å². The molecule has 0 amide bonds. The van der Waals surface area contributed by atoms with E-state index in [1.165, 1.54) is 0 Å². The molecule has 0 saturated heterocycles. The summed E-state index contributed by atoms with van der Waals surface area (Å²) in [5.74, 6) is -0.756. The molecule has 0 spiro atoms. The molecule has 0 radical (unpaired) electrons. The number of carbonyl (C=O) groups is 1. The van der Waals surface area contributed by atoms with E-state index in [1.54, 1.807) is 24.8 Å². The van der Waals surface area contributed by atoms with E-state index in [0.29, 0.717) is 6.42 Å². The van der Waals surface area contributed by atoms with Crippen molar-refractivity contribution in [3.05, 3.63) is 158 Å². The predicted molar refractivity (Wildman–Crippen MR) is 179 cm³/mol. The van der Waals surface area contributed by atoms with Crippen LogP contribution in [0.1, 0.15) is 18.4 Å². The van der Waals surface area contributed by atoms with Crippen LogP contribution in [0.15, 0.2) is 140 Å². The van der Waals surface area contributed by atoms with Crippen molar-refractivity contribution in [2.75, 3.05) is 0 Å². The number of nitrogens with zero attached hydrogens (tertiary/aromatic N) is 4. The molecule has 0 fully saturated rings. The Bertz CT molecular complexity index is 1690. The van der Waals surface area contributed by atoms with Gasteiger partial charge in [-0.25, -0.2) is 0 Å². The quantitative estimate of drug-likeness (QED) is 0.0976. The molecule has 6 aromatic rings. The maximum Gasteiger partial charge on any atom is 3.00 e. The van der Waals surface area contributed by atoms with Crippen molar-refractivity contribution in [1.29, 1.82) is 0 Å². The van der Waals surface area contributed by atoms with Crippen molar-refractivity contribution in [1.82, 2.24) is 19.9 Å². The molecule has 14 heteroatoms. The second-order valence-electron chi connectivity index (χ2n) is 9.95. The summed E-state index contributed by atoms with van der Waals surface area (Å²) in [7, 11) is -10.7. The second-order valence-corrected chi connectivity index (χ2v) is 11.9. The summed E-state index contributed by atoms with van der Waals surface area (Å²) in [4.78, 5) is 27.4. The molecule has 0 aliphatic heterocycles. The zero-order valence-electron chi connectivity index (χ0n) is 26.1.